The Bertz CT molecular complexity index is 362. The van der Waals surface area contributed by atoms with Crippen molar-refractivity contribution < 1.29 is 15.0 Å². The largest absolute Gasteiger partial charge is 0.481 e. The maximum absolute atomic E-state index is 10.5. The van der Waals surface area contributed by atoms with Crippen LogP contribution in [0.25, 0.3) is 0 Å². The summed E-state index contributed by atoms with van der Waals surface area (Å²) in [5.41, 5.74) is 7.00. The second-order valence-electron chi connectivity index (χ2n) is 4.47. The van der Waals surface area contributed by atoms with Gasteiger partial charge in [0.15, 0.2) is 0 Å². The van der Waals surface area contributed by atoms with Crippen LogP contribution in [0, 0.1) is 0 Å². The SMILES string of the molecule is NCCCCCC(O)c1ccc(CC(=O)O)cc1. The standard InChI is InChI=1S/C14H21NO3/c15-9-3-1-2-4-13(16)12-7-5-11(6-8-12)10-14(17)18/h5-8,13,16H,1-4,9-10,15H2,(H,17,18). The highest BCUT2D eigenvalue weighted by Gasteiger charge is 2.07. The van der Waals surface area contributed by atoms with Crippen molar-refractivity contribution in [3.63, 3.8) is 0 Å². The summed E-state index contributed by atoms with van der Waals surface area (Å²) in [4.78, 5) is 10.5. The number of carboxylic acids is 1. The first-order valence-corrected chi connectivity index (χ1v) is 6.32. The van der Waals surface area contributed by atoms with Crippen LogP contribution in [-0.4, -0.2) is 22.7 Å². The lowest BCUT2D eigenvalue weighted by Gasteiger charge is -2.11. The molecule has 0 aliphatic rings. The molecule has 0 amide bonds. The second kappa shape index (κ2) is 7.84. The van der Waals surface area contributed by atoms with Gasteiger partial charge in [-0.05, 0) is 30.5 Å². The van der Waals surface area contributed by atoms with Gasteiger partial charge in [0, 0.05) is 0 Å². The highest BCUT2D eigenvalue weighted by Crippen LogP contribution is 2.20. The van der Waals surface area contributed by atoms with Gasteiger partial charge in [-0.1, -0.05) is 37.1 Å². The van der Waals surface area contributed by atoms with Crippen LogP contribution in [0.1, 0.15) is 42.9 Å². The Morgan fingerprint density at radius 1 is 1.17 bits per heavy atom. The maximum Gasteiger partial charge on any atom is 0.307 e. The molecule has 1 aromatic rings. The summed E-state index contributed by atoms with van der Waals surface area (Å²) in [5, 5.41) is 18.6. The van der Waals surface area contributed by atoms with Gasteiger partial charge in [0.05, 0.1) is 12.5 Å². The first-order valence-electron chi connectivity index (χ1n) is 6.32. The molecule has 0 saturated carbocycles. The van der Waals surface area contributed by atoms with E-state index in [0.717, 1.165) is 36.8 Å². The zero-order valence-electron chi connectivity index (χ0n) is 10.5. The lowest BCUT2D eigenvalue weighted by Crippen LogP contribution is -2.02. The third-order valence-corrected chi connectivity index (χ3v) is 2.90. The fourth-order valence-corrected chi connectivity index (χ4v) is 1.86. The molecule has 4 heteroatoms. The Balaban J connectivity index is 2.43. The minimum Gasteiger partial charge on any atom is -0.481 e. The zero-order chi connectivity index (χ0) is 13.4. The van der Waals surface area contributed by atoms with Gasteiger partial charge in [0.1, 0.15) is 0 Å². The normalized spacial score (nSPS) is 12.3. The molecule has 4 nitrogen and oxygen atoms in total. The molecule has 0 heterocycles. The van der Waals surface area contributed by atoms with E-state index in [2.05, 4.69) is 0 Å². The van der Waals surface area contributed by atoms with Gasteiger partial charge in [-0.15, -0.1) is 0 Å². The van der Waals surface area contributed by atoms with Gasteiger partial charge in [0.2, 0.25) is 0 Å². The molecule has 0 fully saturated rings. The minimum atomic E-state index is -0.843. The number of rotatable bonds is 8. The van der Waals surface area contributed by atoms with Crippen molar-refractivity contribution in [3.05, 3.63) is 35.4 Å². The predicted octanol–water partition coefficient (Wildman–Crippen LogP) is 1.87. The van der Waals surface area contributed by atoms with E-state index in [0.29, 0.717) is 6.54 Å². The van der Waals surface area contributed by atoms with Gasteiger partial charge in [0.25, 0.3) is 0 Å². The Labute approximate surface area is 107 Å². The number of unbranched alkanes of at least 4 members (excludes halogenated alkanes) is 2. The molecule has 0 bridgehead atoms. The van der Waals surface area contributed by atoms with E-state index in [1.54, 1.807) is 24.3 Å². The summed E-state index contributed by atoms with van der Waals surface area (Å²) in [6, 6.07) is 7.11. The van der Waals surface area contributed by atoms with Crippen LogP contribution >= 0.6 is 0 Å². The molecule has 100 valence electrons. The van der Waals surface area contributed by atoms with Crippen LogP contribution in [0.4, 0.5) is 0 Å². The topological polar surface area (TPSA) is 83.5 Å². The zero-order valence-corrected chi connectivity index (χ0v) is 10.5. The average molecular weight is 251 g/mol. The molecule has 18 heavy (non-hydrogen) atoms. The molecule has 1 atom stereocenters. The number of aliphatic hydroxyl groups is 1. The van der Waals surface area contributed by atoms with Crippen LogP contribution in [0.3, 0.4) is 0 Å². The van der Waals surface area contributed by atoms with E-state index in [4.69, 9.17) is 10.8 Å². The summed E-state index contributed by atoms with van der Waals surface area (Å²) in [7, 11) is 0. The monoisotopic (exact) mass is 251 g/mol. The number of aliphatic hydroxyl groups excluding tert-OH is 1. The van der Waals surface area contributed by atoms with Gasteiger partial charge in [-0.2, -0.15) is 0 Å². The summed E-state index contributed by atoms with van der Waals surface area (Å²) in [6.45, 7) is 0.694. The van der Waals surface area contributed by atoms with Gasteiger partial charge >= 0.3 is 5.97 Å². The van der Waals surface area contributed by atoms with Crippen molar-refractivity contribution in [1.29, 1.82) is 0 Å². The van der Waals surface area contributed by atoms with E-state index in [1.165, 1.54) is 0 Å². The van der Waals surface area contributed by atoms with E-state index in [1.807, 2.05) is 0 Å². The smallest absolute Gasteiger partial charge is 0.307 e. The number of benzene rings is 1. The van der Waals surface area contributed by atoms with E-state index in [9.17, 15) is 9.90 Å². The number of hydrogen-bond donors (Lipinski definition) is 3. The summed E-state index contributed by atoms with van der Waals surface area (Å²) in [6.07, 6.45) is 3.25. The molecule has 0 radical (unpaired) electrons. The van der Waals surface area contributed by atoms with Crippen LogP contribution in [0.5, 0.6) is 0 Å². The predicted molar refractivity (Wildman–Crippen MR) is 70.3 cm³/mol. The lowest BCUT2D eigenvalue weighted by atomic mass is 10.0. The van der Waals surface area contributed by atoms with Crippen molar-refractivity contribution in [1.82, 2.24) is 0 Å². The van der Waals surface area contributed by atoms with E-state index < -0.39 is 12.1 Å². The summed E-state index contributed by atoms with van der Waals surface area (Å²) < 4.78 is 0. The number of aliphatic carboxylic acids is 1. The quantitative estimate of drug-likeness (QED) is 0.616. The Morgan fingerprint density at radius 2 is 1.83 bits per heavy atom. The summed E-state index contributed by atoms with van der Waals surface area (Å²) >= 11 is 0. The summed E-state index contributed by atoms with van der Waals surface area (Å²) in [5.74, 6) is -0.843. The molecule has 1 rings (SSSR count). The maximum atomic E-state index is 10.5. The van der Waals surface area contributed by atoms with Gasteiger partial charge in [-0.25, -0.2) is 0 Å². The van der Waals surface area contributed by atoms with Crippen LogP contribution < -0.4 is 5.73 Å². The van der Waals surface area contributed by atoms with Gasteiger partial charge in [-0.3, -0.25) is 4.79 Å². The molecule has 1 unspecified atom stereocenters. The number of nitrogens with two attached hydrogens (primary N) is 1. The van der Waals surface area contributed by atoms with Crippen LogP contribution in [-0.2, 0) is 11.2 Å². The Morgan fingerprint density at radius 3 is 2.39 bits per heavy atom. The molecule has 0 aliphatic carbocycles. The minimum absolute atomic E-state index is 0.0207. The lowest BCUT2D eigenvalue weighted by molar-refractivity contribution is -0.136. The molecule has 0 saturated heterocycles. The highest BCUT2D eigenvalue weighted by atomic mass is 16.4. The van der Waals surface area contributed by atoms with Crippen molar-refractivity contribution in [3.8, 4) is 0 Å². The van der Waals surface area contributed by atoms with Crippen molar-refractivity contribution in [2.24, 2.45) is 5.73 Å². The number of carbonyl (C=O) groups is 1. The van der Waals surface area contributed by atoms with E-state index in [-0.39, 0.29) is 6.42 Å². The van der Waals surface area contributed by atoms with Crippen LogP contribution in [0.2, 0.25) is 0 Å². The molecule has 0 aromatic heterocycles. The molecule has 0 spiro atoms. The third kappa shape index (κ3) is 5.29. The van der Waals surface area contributed by atoms with Crippen LogP contribution in [0.15, 0.2) is 24.3 Å². The van der Waals surface area contributed by atoms with E-state index >= 15 is 0 Å². The van der Waals surface area contributed by atoms with Crippen molar-refractivity contribution in [2.75, 3.05) is 6.54 Å². The first-order chi connectivity index (χ1) is 8.63. The highest BCUT2D eigenvalue weighted by molar-refractivity contribution is 5.70. The fraction of sp³-hybridized carbons (Fsp3) is 0.500. The Hall–Kier alpha value is -1.39. The number of carboxylic acid groups (broad SMARTS) is 1. The molecular weight excluding hydrogens is 230 g/mol. The second-order valence-corrected chi connectivity index (χ2v) is 4.47. The van der Waals surface area contributed by atoms with Crippen molar-refractivity contribution in [2.45, 2.75) is 38.2 Å². The fourth-order valence-electron chi connectivity index (χ4n) is 1.86. The average Bonchev–Trinajstić information content (AvgIpc) is 2.34. The molecule has 1 aromatic carbocycles. The molecular formula is C14H21NO3. The molecule has 0 aliphatic heterocycles. The Kier molecular flexibility index (Phi) is 6.39. The third-order valence-electron chi connectivity index (χ3n) is 2.90. The number of hydrogen-bond acceptors (Lipinski definition) is 3. The van der Waals surface area contributed by atoms with Gasteiger partial charge < -0.3 is 15.9 Å². The van der Waals surface area contributed by atoms with Crippen molar-refractivity contribution >= 4 is 5.97 Å². The first kappa shape index (κ1) is 14.7. The molecule has 4 N–H and O–H groups in total.